The quantitative estimate of drug-likeness (QED) is 0.875. The number of aromatic nitrogens is 2. The van der Waals surface area contributed by atoms with Gasteiger partial charge in [-0.1, -0.05) is 11.3 Å². The highest BCUT2D eigenvalue weighted by atomic mass is 32.1. The largest absolute Gasteiger partial charge is 0.442 e. The van der Waals surface area contributed by atoms with Gasteiger partial charge in [0.15, 0.2) is 5.01 Å². The topological polar surface area (TPSA) is 84.4 Å². The number of nitrogens with zero attached hydrogens (tertiary/aromatic N) is 3. The van der Waals surface area contributed by atoms with Gasteiger partial charge in [-0.2, -0.15) is 0 Å². The second-order valence-electron chi connectivity index (χ2n) is 5.35. The third kappa shape index (κ3) is 3.73. The van der Waals surface area contributed by atoms with Gasteiger partial charge in [-0.3, -0.25) is 9.69 Å². The van der Waals surface area contributed by atoms with E-state index in [4.69, 9.17) is 4.74 Å². The van der Waals surface area contributed by atoms with Crippen molar-refractivity contribution in [3.63, 3.8) is 0 Å². The van der Waals surface area contributed by atoms with Crippen molar-refractivity contribution in [1.82, 2.24) is 15.5 Å². The molecule has 1 N–H and O–H groups in total. The molecule has 0 spiro atoms. The first kappa shape index (κ1) is 17.2. The van der Waals surface area contributed by atoms with Crippen LogP contribution in [0, 0.1) is 5.82 Å². The van der Waals surface area contributed by atoms with Crippen molar-refractivity contribution in [2.24, 2.45) is 0 Å². The molecule has 0 bridgehead atoms. The van der Waals surface area contributed by atoms with Crippen LogP contribution in [0.25, 0.3) is 10.6 Å². The lowest BCUT2D eigenvalue weighted by atomic mass is 10.2. The fraction of sp³-hybridized carbons (Fsp3) is 0.333. The minimum atomic E-state index is -0.757. The van der Waals surface area contributed by atoms with E-state index in [-0.39, 0.29) is 34.6 Å². The molecule has 1 atom stereocenters. The molecule has 2 heterocycles. The van der Waals surface area contributed by atoms with Crippen LogP contribution in [0.1, 0.15) is 11.9 Å². The van der Waals surface area contributed by atoms with Crippen LogP contribution in [0.3, 0.4) is 0 Å². The Hall–Kier alpha value is -2.62. The van der Waals surface area contributed by atoms with E-state index in [1.807, 2.05) is 0 Å². The van der Waals surface area contributed by atoms with Crippen LogP contribution < -0.4 is 10.2 Å². The van der Waals surface area contributed by atoms with Crippen LogP contribution in [-0.4, -0.2) is 41.4 Å². The van der Waals surface area contributed by atoms with Gasteiger partial charge in [0.1, 0.15) is 23.6 Å². The van der Waals surface area contributed by atoms with Crippen LogP contribution in [0.2, 0.25) is 0 Å². The number of nitrogens with one attached hydrogen (secondary N) is 1. The van der Waals surface area contributed by atoms with E-state index in [0.717, 1.165) is 11.3 Å². The summed E-state index contributed by atoms with van der Waals surface area (Å²) >= 11 is 0.966. The molecule has 3 rings (SSSR count). The Bertz CT molecular complexity index is 814. The van der Waals surface area contributed by atoms with E-state index in [9.17, 15) is 18.4 Å². The van der Waals surface area contributed by atoms with E-state index in [0.29, 0.717) is 5.69 Å². The Balaban J connectivity index is 1.76. The second-order valence-corrected chi connectivity index (χ2v) is 6.41. The van der Waals surface area contributed by atoms with Crippen LogP contribution in [0.5, 0.6) is 0 Å². The van der Waals surface area contributed by atoms with E-state index >= 15 is 0 Å². The molecule has 2 aromatic rings. The highest BCUT2D eigenvalue weighted by Crippen LogP contribution is 2.30. The number of rotatable bonds is 5. The molecule has 10 heteroatoms. The second kappa shape index (κ2) is 7.09. The van der Waals surface area contributed by atoms with Crippen molar-refractivity contribution in [2.45, 2.75) is 19.7 Å². The van der Waals surface area contributed by atoms with Gasteiger partial charge < -0.3 is 10.1 Å². The number of anilines is 1. The Morgan fingerprint density at radius 3 is 2.92 bits per heavy atom. The summed E-state index contributed by atoms with van der Waals surface area (Å²) in [6.45, 7) is 0.995. The third-order valence-electron chi connectivity index (χ3n) is 3.53. The number of hydrogen-bond acceptors (Lipinski definition) is 6. The maximum absolute atomic E-state index is 14.4. The van der Waals surface area contributed by atoms with E-state index < -0.39 is 24.7 Å². The summed E-state index contributed by atoms with van der Waals surface area (Å²) < 4.78 is 32.1. The van der Waals surface area contributed by atoms with Crippen molar-refractivity contribution in [3.8, 4) is 10.6 Å². The zero-order valence-electron chi connectivity index (χ0n) is 13.2. The Kier molecular flexibility index (Phi) is 4.88. The normalized spacial score (nSPS) is 16.8. The number of alkyl halides is 1. The Morgan fingerprint density at radius 1 is 1.48 bits per heavy atom. The summed E-state index contributed by atoms with van der Waals surface area (Å²) in [5.74, 6) is -0.827. The molecule has 1 aliphatic rings. The zero-order chi connectivity index (χ0) is 18.0. The number of hydrogen-bond donors (Lipinski definition) is 1. The Morgan fingerprint density at radius 2 is 2.28 bits per heavy atom. The van der Waals surface area contributed by atoms with Crippen LogP contribution in [0.4, 0.5) is 19.3 Å². The standard InChI is InChI=1S/C15H14F2N4O3S/c1-8(22)18-6-10-7-21(15(23)24-10)9-2-3-11(12(17)4-9)14-20-19-13(5-16)25-14/h2-4,10H,5-7H2,1H3,(H,18,22)/t10-/m0/s1. The fourth-order valence-electron chi connectivity index (χ4n) is 2.36. The predicted octanol–water partition coefficient (Wildman–Crippen LogP) is 2.28. The van der Waals surface area contributed by atoms with Crippen LogP contribution in [0.15, 0.2) is 18.2 Å². The number of amides is 2. The summed E-state index contributed by atoms with van der Waals surface area (Å²) in [5, 5.41) is 10.4. The maximum Gasteiger partial charge on any atom is 0.414 e. The lowest BCUT2D eigenvalue weighted by Crippen LogP contribution is -2.33. The SMILES string of the molecule is CC(=O)NC[C@H]1CN(c2ccc(-c3nnc(CF)s3)c(F)c2)C(=O)O1. The van der Waals surface area contributed by atoms with E-state index in [1.165, 1.54) is 24.0 Å². The molecule has 7 nitrogen and oxygen atoms in total. The zero-order valence-corrected chi connectivity index (χ0v) is 14.0. The molecule has 132 valence electrons. The molecule has 1 aromatic carbocycles. The number of cyclic esters (lactones) is 1. The van der Waals surface area contributed by atoms with Gasteiger partial charge in [0.2, 0.25) is 5.91 Å². The molecule has 25 heavy (non-hydrogen) atoms. The van der Waals surface area contributed by atoms with Gasteiger partial charge in [0.25, 0.3) is 0 Å². The molecule has 0 saturated carbocycles. The van der Waals surface area contributed by atoms with Gasteiger partial charge in [0, 0.05) is 12.5 Å². The summed E-state index contributed by atoms with van der Waals surface area (Å²) in [7, 11) is 0. The first-order chi connectivity index (χ1) is 12.0. The molecule has 0 aliphatic carbocycles. The van der Waals surface area contributed by atoms with Crippen molar-refractivity contribution < 1.29 is 23.1 Å². The highest BCUT2D eigenvalue weighted by molar-refractivity contribution is 7.14. The van der Waals surface area contributed by atoms with Crippen molar-refractivity contribution in [3.05, 3.63) is 29.0 Å². The number of carbonyl (C=O) groups is 2. The summed E-state index contributed by atoms with van der Waals surface area (Å²) in [5.41, 5.74) is 0.509. The van der Waals surface area contributed by atoms with Gasteiger partial charge >= 0.3 is 6.09 Å². The van der Waals surface area contributed by atoms with Crippen molar-refractivity contribution in [2.75, 3.05) is 18.0 Å². The average Bonchev–Trinajstić information content (AvgIpc) is 3.19. The molecule has 1 saturated heterocycles. The third-order valence-corrected chi connectivity index (χ3v) is 4.45. The minimum absolute atomic E-state index is 0.169. The van der Waals surface area contributed by atoms with Gasteiger partial charge in [-0.15, -0.1) is 10.2 Å². The monoisotopic (exact) mass is 368 g/mol. The molecule has 1 aliphatic heterocycles. The average molecular weight is 368 g/mol. The smallest absolute Gasteiger partial charge is 0.414 e. The van der Waals surface area contributed by atoms with Gasteiger partial charge in [-0.25, -0.2) is 13.6 Å². The molecular formula is C15H14F2N4O3S. The number of ether oxygens (including phenoxy) is 1. The fourth-order valence-corrected chi connectivity index (χ4v) is 3.07. The molecule has 0 unspecified atom stereocenters. The van der Waals surface area contributed by atoms with Gasteiger partial charge in [0.05, 0.1) is 18.8 Å². The first-order valence-electron chi connectivity index (χ1n) is 7.38. The lowest BCUT2D eigenvalue weighted by molar-refractivity contribution is -0.119. The lowest BCUT2D eigenvalue weighted by Gasteiger charge is -2.14. The van der Waals surface area contributed by atoms with Crippen LogP contribution in [-0.2, 0) is 16.2 Å². The molecule has 0 radical (unpaired) electrons. The first-order valence-corrected chi connectivity index (χ1v) is 8.20. The summed E-state index contributed by atoms with van der Waals surface area (Å²) in [6.07, 6.45) is -1.12. The van der Waals surface area contributed by atoms with Crippen molar-refractivity contribution in [1.29, 1.82) is 0 Å². The van der Waals surface area contributed by atoms with E-state index in [2.05, 4.69) is 15.5 Å². The van der Waals surface area contributed by atoms with Crippen molar-refractivity contribution >= 4 is 29.0 Å². The maximum atomic E-state index is 14.4. The molecular weight excluding hydrogens is 354 g/mol. The van der Waals surface area contributed by atoms with Gasteiger partial charge in [-0.05, 0) is 18.2 Å². The Labute approximate surface area is 145 Å². The minimum Gasteiger partial charge on any atom is -0.442 e. The highest BCUT2D eigenvalue weighted by Gasteiger charge is 2.32. The predicted molar refractivity (Wildman–Crippen MR) is 86.4 cm³/mol. The number of halogens is 2. The molecule has 2 amide bonds. The number of carbonyl (C=O) groups excluding carboxylic acids is 2. The van der Waals surface area contributed by atoms with Crippen LogP contribution >= 0.6 is 11.3 Å². The molecule has 1 fully saturated rings. The summed E-state index contributed by atoms with van der Waals surface area (Å²) in [4.78, 5) is 24.2. The number of benzene rings is 1. The molecule has 1 aromatic heterocycles. The summed E-state index contributed by atoms with van der Waals surface area (Å²) in [6, 6.07) is 4.20. The van der Waals surface area contributed by atoms with E-state index in [1.54, 1.807) is 6.07 Å².